The quantitative estimate of drug-likeness (QED) is 0.196. The largest absolute Gasteiger partial charge is 0.497 e. The maximum Gasteiger partial charge on any atom is 0.306 e. The molecule has 0 amide bonds. The van der Waals surface area contributed by atoms with E-state index in [-0.39, 0.29) is 11.7 Å². The molecular formula is C37H34FNO5. The molecule has 3 atom stereocenters. The maximum absolute atomic E-state index is 15.4. The lowest BCUT2D eigenvalue weighted by Gasteiger charge is -2.29. The molecule has 1 aliphatic carbocycles. The second-order valence-corrected chi connectivity index (χ2v) is 11.9. The minimum atomic E-state index is -0.789. The fourth-order valence-electron chi connectivity index (χ4n) is 6.67. The van der Waals surface area contributed by atoms with Gasteiger partial charge in [-0.1, -0.05) is 43.3 Å². The number of para-hydroxylation sites is 1. The summed E-state index contributed by atoms with van der Waals surface area (Å²) in [5, 5.41) is 10.9. The lowest BCUT2D eigenvalue weighted by molar-refractivity contribution is -0.142. The summed E-state index contributed by atoms with van der Waals surface area (Å²) in [5.74, 6) is 0.506. The van der Waals surface area contributed by atoms with Gasteiger partial charge in [0.05, 0.1) is 18.5 Å². The number of benzene rings is 4. The number of halogens is 1. The zero-order valence-corrected chi connectivity index (χ0v) is 24.9. The smallest absolute Gasteiger partial charge is 0.306 e. The van der Waals surface area contributed by atoms with Crippen LogP contribution in [-0.4, -0.2) is 29.4 Å². The molecule has 0 spiro atoms. The third-order valence-corrected chi connectivity index (χ3v) is 9.14. The topological polar surface area (TPSA) is 69.9 Å². The monoisotopic (exact) mass is 591 g/mol. The van der Waals surface area contributed by atoms with Gasteiger partial charge >= 0.3 is 5.97 Å². The number of rotatable bonds is 8. The predicted octanol–water partition coefficient (Wildman–Crippen LogP) is 8.39. The first kappa shape index (κ1) is 28.0. The lowest BCUT2D eigenvalue weighted by Crippen LogP contribution is -2.23. The van der Waals surface area contributed by atoms with Crippen molar-refractivity contribution in [1.82, 2.24) is 4.57 Å². The van der Waals surface area contributed by atoms with Crippen LogP contribution >= 0.6 is 0 Å². The first-order valence-corrected chi connectivity index (χ1v) is 15.0. The number of ether oxygens (including phenoxy) is 3. The summed E-state index contributed by atoms with van der Waals surface area (Å²) in [4.78, 5) is 11.9. The van der Waals surface area contributed by atoms with Gasteiger partial charge in [0.1, 0.15) is 18.2 Å². The van der Waals surface area contributed by atoms with E-state index in [1.807, 2.05) is 49.6 Å². The van der Waals surface area contributed by atoms with Crippen molar-refractivity contribution in [3.63, 3.8) is 0 Å². The molecule has 1 unspecified atom stereocenters. The molecule has 1 saturated carbocycles. The molecular weight excluding hydrogens is 557 g/mol. The molecule has 1 N–H and O–H groups in total. The minimum Gasteiger partial charge on any atom is -0.497 e. The van der Waals surface area contributed by atoms with Gasteiger partial charge in [0.15, 0.2) is 17.6 Å². The van der Waals surface area contributed by atoms with E-state index >= 15 is 4.39 Å². The Hall–Kier alpha value is -4.78. The van der Waals surface area contributed by atoms with Gasteiger partial charge in [-0.25, -0.2) is 4.39 Å². The number of aromatic nitrogens is 1. The zero-order valence-electron chi connectivity index (χ0n) is 24.9. The van der Waals surface area contributed by atoms with Crippen LogP contribution in [0.1, 0.15) is 42.9 Å². The molecule has 5 aromatic rings. The third-order valence-electron chi connectivity index (χ3n) is 9.14. The van der Waals surface area contributed by atoms with Gasteiger partial charge in [0.25, 0.3) is 0 Å². The Morgan fingerprint density at radius 2 is 1.80 bits per heavy atom. The third kappa shape index (κ3) is 4.96. The number of hydrogen-bond donors (Lipinski definition) is 1. The van der Waals surface area contributed by atoms with Crippen molar-refractivity contribution in [2.24, 2.45) is 18.9 Å². The van der Waals surface area contributed by atoms with Crippen LogP contribution in [0.3, 0.4) is 0 Å². The normalized spacial score (nSPS) is 17.3. The molecule has 1 aromatic heterocycles. The highest BCUT2D eigenvalue weighted by atomic mass is 19.1. The lowest BCUT2D eigenvalue weighted by atomic mass is 9.83. The molecule has 44 heavy (non-hydrogen) atoms. The van der Waals surface area contributed by atoms with Crippen molar-refractivity contribution < 1.29 is 28.5 Å². The van der Waals surface area contributed by atoms with E-state index < -0.39 is 18.0 Å². The molecule has 7 heteroatoms. The Labute approximate surface area is 255 Å². The first-order chi connectivity index (χ1) is 21.3. The van der Waals surface area contributed by atoms with Crippen LogP contribution in [-0.2, 0) is 11.8 Å². The molecule has 6 nitrogen and oxygen atoms in total. The molecule has 2 aliphatic rings. The molecule has 4 aromatic carbocycles. The molecule has 1 fully saturated rings. The Kier molecular flexibility index (Phi) is 7.04. The SMILES string of the molecule is COc1ccc(F)c(-c2ccc([C@H]3COc4ccc(C(C5CC5)[C@H](C)C(=O)O)cc4O3)cc2-c2cccc3ccn(C)c23)c1. The number of fused-ring (bicyclic) bond motifs is 2. The fraction of sp³-hybridized carbons (Fsp3) is 0.270. The van der Waals surface area contributed by atoms with Crippen LogP contribution in [0, 0.1) is 17.7 Å². The number of carboxylic acids is 1. The number of aryl methyl sites for hydroxylation is 1. The van der Waals surface area contributed by atoms with Crippen LogP contribution < -0.4 is 14.2 Å². The van der Waals surface area contributed by atoms with E-state index in [0.29, 0.717) is 35.3 Å². The second-order valence-electron chi connectivity index (χ2n) is 11.9. The van der Waals surface area contributed by atoms with E-state index in [0.717, 1.165) is 51.6 Å². The average Bonchev–Trinajstić information content (AvgIpc) is 3.81. The minimum absolute atomic E-state index is 0.0730. The number of carbonyl (C=O) groups is 1. The number of methoxy groups -OCH3 is 1. The van der Waals surface area contributed by atoms with Crippen LogP contribution in [0.25, 0.3) is 33.2 Å². The summed E-state index contributed by atoms with van der Waals surface area (Å²) < 4.78 is 35.6. The molecule has 0 saturated heterocycles. The van der Waals surface area contributed by atoms with Crippen molar-refractivity contribution in [3.05, 3.63) is 102 Å². The van der Waals surface area contributed by atoms with Gasteiger partial charge in [-0.2, -0.15) is 0 Å². The Morgan fingerprint density at radius 1 is 0.955 bits per heavy atom. The van der Waals surface area contributed by atoms with Crippen LogP contribution in [0.15, 0.2) is 85.1 Å². The van der Waals surface area contributed by atoms with Crippen molar-refractivity contribution in [2.45, 2.75) is 31.8 Å². The van der Waals surface area contributed by atoms with Crippen LogP contribution in [0.2, 0.25) is 0 Å². The van der Waals surface area contributed by atoms with E-state index in [1.54, 1.807) is 26.2 Å². The standard InChI is InChI=1S/C37H34FNO5/c1-21(37(40)41)35(22-7-8-22)25-10-14-32-33(18-25)44-34(20-43-32)24-9-12-27(30-19-26(42-3)11-13-31(30)38)29(17-24)28-6-4-5-23-15-16-39(2)36(23)28/h4-6,9-19,21-22,34-35H,7-8,20H2,1-3H3,(H,40,41)/t21-,34+,35?/m0/s1. The van der Waals surface area contributed by atoms with E-state index in [2.05, 4.69) is 28.8 Å². The summed E-state index contributed by atoms with van der Waals surface area (Å²) >= 11 is 0. The van der Waals surface area contributed by atoms with Gasteiger partial charge in [0, 0.05) is 29.8 Å². The molecule has 1 aliphatic heterocycles. The Balaban J connectivity index is 1.31. The summed E-state index contributed by atoms with van der Waals surface area (Å²) in [6, 6.07) is 24.8. The summed E-state index contributed by atoms with van der Waals surface area (Å²) in [7, 11) is 3.58. The highest BCUT2D eigenvalue weighted by Crippen LogP contribution is 2.49. The van der Waals surface area contributed by atoms with Crippen LogP contribution in [0.5, 0.6) is 17.2 Å². The van der Waals surface area contributed by atoms with Crippen molar-refractivity contribution in [2.75, 3.05) is 13.7 Å². The fourth-order valence-corrected chi connectivity index (χ4v) is 6.67. The number of aliphatic carboxylic acids is 1. The summed E-state index contributed by atoms with van der Waals surface area (Å²) in [5.41, 5.74) is 5.94. The number of nitrogens with zero attached hydrogens (tertiary/aromatic N) is 1. The first-order valence-electron chi connectivity index (χ1n) is 15.0. The van der Waals surface area contributed by atoms with Gasteiger partial charge < -0.3 is 23.9 Å². The average molecular weight is 592 g/mol. The predicted molar refractivity (Wildman–Crippen MR) is 168 cm³/mol. The Bertz CT molecular complexity index is 1890. The highest BCUT2D eigenvalue weighted by Gasteiger charge is 2.39. The summed E-state index contributed by atoms with van der Waals surface area (Å²) in [6.45, 7) is 2.09. The van der Waals surface area contributed by atoms with Gasteiger partial charge in [-0.15, -0.1) is 0 Å². The van der Waals surface area contributed by atoms with Gasteiger partial charge in [-0.05, 0) is 89.4 Å². The van der Waals surface area contributed by atoms with Crippen molar-refractivity contribution in [1.29, 1.82) is 0 Å². The highest BCUT2D eigenvalue weighted by molar-refractivity contribution is 5.99. The molecule has 224 valence electrons. The number of hydrogen-bond acceptors (Lipinski definition) is 4. The van der Waals surface area contributed by atoms with Crippen molar-refractivity contribution in [3.8, 4) is 39.5 Å². The molecule has 7 rings (SSSR count). The van der Waals surface area contributed by atoms with E-state index in [1.165, 1.54) is 6.07 Å². The number of carboxylic acid groups (broad SMARTS) is 1. The molecule has 0 radical (unpaired) electrons. The van der Waals surface area contributed by atoms with Gasteiger partial charge in [0.2, 0.25) is 0 Å². The van der Waals surface area contributed by atoms with E-state index in [9.17, 15) is 9.90 Å². The van der Waals surface area contributed by atoms with Gasteiger partial charge in [-0.3, -0.25) is 4.79 Å². The van der Waals surface area contributed by atoms with Crippen molar-refractivity contribution >= 4 is 16.9 Å². The Morgan fingerprint density at radius 3 is 2.57 bits per heavy atom. The van der Waals surface area contributed by atoms with E-state index in [4.69, 9.17) is 14.2 Å². The summed E-state index contributed by atoms with van der Waals surface area (Å²) in [6.07, 6.45) is 3.69. The van der Waals surface area contributed by atoms with Crippen LogP contribution in [0.4, 0.5) is 4.39 Å². The maximum atomic E-state index is 15.4. The molecule has 2 heterocycles. The second kappa shape index (κ2) is 11.1. The molecule has 0 bridgehead atoms. The zero-order chi connectivity index (χ0) is 30.5.